The molecule has 0 N–H and O–H groups in total. The second-order valence-corrected chi connectivity index (χ2v) is 11.9. The largest absolute Gasteiger partial charge is 0.379 e. The molecule has 0 saturated heterocycles. The maximum Gasteiger partial charge on any atom is 0.297 e. The first-order chi connectivity index (χ1) is 23.6. The van der Waals surface area contributed by atoms with Crippen LogP contribution in [-0.4, -0.2) is 160 Å². The summed E-state index contributed by atoms with van der Waals surface area (Å²) in [6, 6.07) is 7.98. The Kier molecular flexibility index (Phi) is 31.8. The van der Waals surface area contributed by atoms with E-state index in [2.05, 4.69) is 13.8 Å². The monoisotopic (exact) mass is 712 g/mol. The molecule has 0 radical (unpaired) electrons. The van der Waals surface area contributed by atoms with Gasteiger partial charge >= 0.3 is 0 Å². The highest BCUT2D eigenvalue weighted by Crippen LogP contribution is 2.10. The summed E-state index contributed by atoms with van der Waals surface area (Å²) in [5.74, 6) is 0.590. The highest BCUT2D eigenvalue weighted by Gasteiger charge is 2.13. The van der Waals surface area contributed by atoms with E-state index in [1.54, 1.807) is 18.2 Å². The molecule has 0 aliphatic carbocycles. The third-order valence-electron chi connectivity index (χ3n) is 6.32. The minimum Gasteiger partial charge on any atom is -0.379 e. The molecule has 1 aromatic rings. The fraction of sp³-hybridized carbons (Fsp3) is 0.818. The summed E-state index contributed by atoms with van der Waals surface area (Å²) in [4.78, 5) is 0.121. The van der Waals surface area contributed by atoms with E-state index < -0.39 is 10.1 Å². The normalized spacial score (nSPS) is 12.5. The summed E-state index contributed by atoms with van der Waals surface area (Å²) in [6.45, 7) is 15.0. The SMILES string of the molecule is CCC(C)COCCOCCOCCOCCOCCOCCOCCOCCOCCOCCOCCOS(=O)(=O)c1ccccc1. The predicted octanol–water partition coefficient (Wildman–Crippen LogP) is 2.62. The van der Waals surface area contributed by atoms with Gasteiger partial charge in [0.25, 0.3) is 10.1 Å². The van der Waals surface area contributed by atoms with Crippen LogP contribution in [0.1, 0.15) is 20.3 Å². The molecule has 1 rings (SSSR count). The van der Waals surface area contributed by atoms with Crippen LogP contribution in [0.2, 0.25) is 0 Å². The van der Waals surface area contributed by atoms with E-state index in [1.807, 2.05) is 0 Å². The quantitative estimate of drug-likeness (QED) is 0.0732. The maximum atomic E-state index is 12.0. The Morgan fingerprint density at radius 3 is 1.00 bits per heavy atom. The number of ether oxygens (including phenoxy) is 11. The molecule has 15 heteroatoms. The Labute approximate surface area is 287 Å². The van der Waals surface area contributed by atoms with Gasteiger partial charge < -0.3 is 52.1 Å². The van der Waals surface area contributed by atoms with Gasteiger partial charge in [0.15, 0.2) is 0 Å². The fourth-order valence-corrected chi connectivity index (χ4v) is 4.37. The zero-order valence-corrected chi connectivity index (χ0v) is 29.9. The molecule has 0 aromatic heterocycles. The van der Waals surface area contributed by atoms with Crippen molar-refractivity contribution in [2.45, 2.75) is 25.2 Å². The smallest absolute Gasteiger partial charge is 0.297 e. The minimum atomic E-state index is -3.76. The number of rotatable bonds is 38. The van der Waals surface area contributed by atoms with Gasteiger partial charge in [-0.2, -0.15) is 8.42 Å². The molecule has 0 amide bonds. The van der Waals surface area contributed by atoms with Crippen LogP contribution in [-0.2, 0) is 66.4 Å². The lowest BCUT2D eigenvalue weighted by Gasteiger charge is -2.10. The second kappa shape index (κ2) is 34.2. The molecule has 0 fully saturated rings. The standard InChI is InChI=1S/C33H60O14S/c1-3-32(2)31-46-28-27-44-24-23-42-20-19-40-16-15-38-12-11-36-9-10-37-13-14-39-17-18-41-21-22-43-25-26-45-29-30-47-48(34,35)33-7-5-4-6-8-33/h4-8,32H,3,9-31H2,1-2H3. The van der Waals surface area contributed by atoms with Crippen molar-refractivity contribution < 1.29 is 64.7 Å². The van der Waals surface area contributed by atoms with Gasteiger partial charge in [-0.25, -0.2) is 0 Å². The molecule has 0 aliphatic heterocycles. The van der Waals surface area contributed by atoms with Crippen molar-refractivity contribution in [3.8, 4) is 0 Å². The molecule has 1 aromatic carbocycles. The highest BCUT2D eigenvalue weighted by molar-refractivity contribution is 7.86. The first kappa shape index (κ1) is 44.7. The molecule has 1 atom stereocenters. The average Bonchev–Trinajstić information content (AvgIpc) is 3.10. The summed E-state index contributed by atoms with van der Waals surface area (Å²) in [6.07, 6.45) is 1.13. The topological polar surface area (TPSA) is 145 Å². The van der Waals surface area contributed by atoms with Crippen LogP contribution in [0.5, 0.6) is 0 Å². The van der Waals surface area contributed by atoms with Crippen LogP contribution in [0.3, 0.4) is 0 Å². The molecular formula is C33H60O14S. The molecule has 0 heterocycles. The summed E-state index contributed by atoms with van der Waals surface area (Å²) in [7, 11) is -3.76. The van der Waals surface area contributed by atoms with E-state index >= 15 is 0 Å². The van der Waals surface area contributed by atoms with E-state index in [0.29, 0.717) is 138 Å². The van der Waals surface area contributed by atoms with Crippen molar-refractivity contribution in [2.24, 2.45) is 5.92 Å². The third-order valence-corrected chi connectivity index (χ3v) is 7.64. The zero-order chi connectivity index (χ0) is 34.6. The average molecular weight is 713 g/mol. The third kappa shape index (κ3) is 29.6. The lowest BCUT2D eigenvalue weighted by Crippen LogP contribution is -2.16. The number of hydrogen-bond donors (Lipinski definition) is 0. The van der Waals surface area contributed by atoms with E-state index in [1.165, 1.54) is 12.1 Å². The number of hydrogen-bond acceptors (Lipinski definition) is 14. The molecule has 48 heavy (non-hydrogen) atoms. The Balaban J connectivity index is 1.66. The minimum absolute atomic E-state index is 0.0579. The Morgan fingerprint density at radius 2 is 0.708 bits per heavy atom. The second-order valence-electron chi connectivity index (χ2n) is 10.3. The molecule has 0 bridgehead atoms. The highest BCUT2D eigenvalue weighted by atomic mass is 32.2. The van der Waals surface area contributed by atoms with Crippen molar-refractivity contribution in [1.29, 1.82) is 0 Å². The predicted molar refractivity (Wildman–Crippen MR) is 178 cm³/mol. The molecule has 0 saturated carbocycles. The summed E-state index contributed by atoms with van der Waals surface area (Å²) in [5.41, 5.74) is 0. The van der Waals surface area contributed by atoms with Gasteiger partial charge in [-0.1, -0.05) is 38.5 Å². The molecule has 0 aliphatic rings. The van der Waals surface area contributed by atoms with Crippen LogP contribution in [0.15, 0.2) is 35.2 Å². The summed E-state index contributed by atoms with van der Waals surface area (Å²) >= 11 is 0. The van der Waals surface area contributed by atoms with Gasteiger partial charge in [-0.15, -0.1) is 0 Å². The van der Waals surface area contributed by atoms with Gasteiger partial charge in [0.2, 0.25) is 0 Å². The van der Waals surface area contributed by atoms with E-state index in [4.69, 9.17) is 56.3 Å². The fourth-order valence-electron chi connectivity index (χ4n) is 3.46. The van der Waals surface area contributed by atoms with Crippen LogP contribution in [0.25, 0.3) is 0 Å². The first-order valence-corrected chi connectivity index (χ1v) is 18.3. The van der Waals surface area contributed by atoms with Gasteiger partial charge in [0.1, 0.15) is 0 Å². The molecule has 14 nitrogen and oxygen atoms in total. The Hall–Kier alpha value is -1.31. The molecule has 0 spiro atoms. The number of benzene rings is 1. The van der Waals surface area contributed by atoms with E-state index in [-0.39, 0.29) is 18.1 Å². The van der Waals surface area contributed by atoms with Gasteiger partial charge in [-0.05, 0) is 18.1 Å². The summed E-state index contributed by atoms with van der Waals surface area (Å²) < 4.78 is 88.9. The van der Waals surface area contributed by atoms with Crippen LogP contribution in [0.4, 0.5) is 0 Å². The van der Waals surface area contributed by atoms with Crippen molar-refractivity contribution in [2.75, 3.05) is 152 Å². The van der Waals surface area contributed by atoms with Crippen molar-refractivity contribution in [3.63, 3.8) is 0 Å². The maximum absolute atomic E-state index is 12.0. The van der Waals surface area contributed by atoms with E-state index in [9.17, 15) is 8.42 Å². The van der Waals surface area contributed by atoms with Crippen molar-refractivity contribution >= 4 is 10.1 Å². The Morgan fingerprint density at radius 1 is 0.438 bits per heavy atom. The zero-order valence-electron chi connectivity index (χ0n) is 29.1. The van der Waals surface area contributed by atoms with Gasteiger partial charge in [0, 0.05) is 6.61 Å². The Bertz CT molecular complexity index is 894. The molecule has 282 valence electrons. The lowest BCUT2D eigenvalue weighted by atomic mass is 10.1. The van der Waals surface area contributed by atoms with Crippen LogP contribution < -0.4 is 0 Å². The lowest BCUT2D eigenvalue weighted by molar-refractivity contribution is -0.0280. The van der Waals surface area contributed by atoms with E-state index in [0.717, 1.165) is 13.0 Å². The van der Waals surface area contributed by atoms with Crippen LogP contribution in [0, 0.1) is 5.92 Å². The molecular weight excluding hydrogens is 652 g/mol. The van der Waals surface area contributed by atoms with Crippen molar-refractivity contribution in [1.82, 2.24) is 0 Å². The first-order valence-electron chi connectivity index (χ1n) is 16.9. The molecule has 1 unspecified atom stereocenters. The van der Waals surface area contributed by atoms with Crippen molar-refractivity contribution in [3.05, 3.63) is 30.3 Å². The van der Waals surface area contributed by atoms with Gasteiger partial charge in [-0.3, -0.25) is 4.18 Å². The summed E-state index contributed by atoms with van der Waals surface area (Å²) in [5, 5.41) is 0. The van der Waals surface area contributed by atoms with Gasteiger partial charge in [0.05, 0.1) is 150 Å². The van der Waals surface area contributed by atoms with Crippen LogP contribution >= 0.6 is 0 Å².